The van der Waals surface area contributed by atoms with Gasteiger partial charge in [-0.15, -0.1) is 0 Å². The second kappa shape index (κ2) is 10.2. The van der Waals surface area contributed by atoms with Crippen LogP contribution in [0, 0.1) is 0 Å². The lowest BCUT2D eigenvalue weighted by Gasteiger charge is -2.20. The summed E-state index contributed by atoms with van der Waals surface area (Å²) in [5.74, 6) is -2.10. The van der Waals surface area contributed by atoms with Crippen molar-refractivity contribution >= 4 is 17.8 Å². The SMILES string of the molecule is C[C@H](NC(=O)[C@@H](Cc1ccccc1)NC(=O)c1ccc(-c2ccccc2)cc1)C(=O)O. The maximum Gasteiger partial charge on any atom is 0.325 e. The van der Waals surface area contributed by atoms with Crippen molar-refractivity contribution in [2.75, 3.05) is 0 Å². The molecule has 0 aliphatic rings. The standard InChI is InChI=1S/C25H24N2O4/c1-17(25(30)31)26-24(29)22(16-18-8-4-2-5-9-18)27-23(28)21-14-12-20(13-15-21)19-10-6-3-7-11-19/h2-15,17,22H,16H2,1H3,(H,26,29)(H,27,28)(H,30,31)/t17-,22+/m0/s1. The van der Waals surface area contributed by atoms with Crippen molar-refractivity contribution in [2.24, 2.45) is 0 Å². The third-order valence-electron chi connectivity index (χ3n) is 4.89. The van der Waals surface area contributed by atoms with Gasteiger partial charge in [0.25, 0.3) is 5.91 Å². The zero-order valence-electron chi connectivity index (χ0n) is 17.1. The molecule has 0 heterocycles. The second-order valence-electron chi connectivity index (χ2n) is 7.23. The van der Waals surface area contributed by atoms with E-state index < -0.39 is 29.9 Å². The lowest BCUT2D eigenvalue weighted by atomic mass is 10.0. The molecule has 6 nitrogen and oxygen atoms in total. The molecule has 3 rings (SSSR count). The average Bonchev–Trinajstić information content (AvgIpc) is 2.79. The number of aliphatic carboxylic acids is 1. The van der Waals surface area contributed by atoms with Gasteiger partial charge in [-0.2, -0.15) is 0 Å². The van der Waals surface area contributed by atoms with Crippen LogP contribution in [0.25, 0.3) is 11.1 Å². The fourth-order valence-electron chi connectivity index (χ4n) is 3.12. The zero-order valence-corrected chi connectivity index (χ0v) is 17.1. The first-order valence-corrected chi connectivity index (χ1v) is 9.97. The topological polar surface area (TPSA) is 95.5 Å². The summed E-state index contributed by atoms with van der Waals surface area (Å²) < 4.78 is 0. The van der Waals surface area contributed by atoms with E-state index in [1.54, 1.807) is 12.1 Å². The summed E-state index contributed by atoms with van der Waals surface area (Å²) in [7, 11) is 0. The highest BCUT2D eigenvalue weighted by Crippen LogP contribution is 2.19. The molecule has 3 aromatic carbocycles. The van der Waals surface area contributed by atoms with Crippen LogP contribution in [0.5, 0.6) is 0 Å². The number of carbonyl (C=O) groups is 3. The summed E-state index contributed by atoms with van der Waals surface area (Å²) >= 11 is 0. The van der Waals surface area contributed by atoms with Crippen LogP contribution in [0.15, 0.2) is 84.9 Å². The number of carbonyl (C=O) groups excluding carboxylic acids is 2. The zero-order chi connectivity index (χ0) is 22.2. The highest BCUT2D eigenvalue weighted by molar-refractivity contribution is 5.98. The molecule has 2 amide bonds. The van der Waals surface area contributed by atoms with Crippen molar-refractivity contribution in [3.05, 3.63) is 96.1 Å². The lowest BCUT2D eigenvalue weighted by Crippen LogP contribution is -2.51. The van der Waals surface area contributed by atoms with Gasteiger partial charge in [0.1, 0.15) is 12.1 Å². The smallest absolute Gasteiger partial charge is 0.325 e. The Morgan fingerprint density at radius 3 is 1.90 bits per heavy atom. The van der Waals surface area contributed by atoms with E-state index in [2.05, 4.69) is 10.6 Å². The Morgan fingerprint density at radius 1 is 0.774 bits per heavy atom. The molecular weight excluding hydrogens is 392 g/mol. The van der Waals surface area contributed by atoms with Gasteiger partial charge in [0.05, 0.1) is 0 Å². The van der Waals surface area contributed by atoms with E-state index in [0.717, 1.165) is 16.7 Å². The largest absolute Gasteiger partial charge is 0.480 e. The molecule has 0 bridgehead atoms. The Kier molecular flexibility index (Phi) is 7.17. The number of nitrogens with one attached hydrogen (secondary N) is 2. The number of hydrogen-bond donors (Lipinski definition) is 3. The number of carboxylic acid groups (broad SMARTS) is 1. The summed E-state index contributed by atoms with van der Waals surface area (Å²) in [5, 5.41) is 14.3. The van der Waals surface area contributed by atoms with Gasteiger partial charge < -0.3 is 15.7 Å². The molecule has 0 fully saturated rings. The van der Waals surface area contributed by atoms with Crippen LogP contribution < -0.4 is 10.6 Å². The van der Waals surface area contributed by atoms with Crippen molar-refractivity contribution in [1.29, 1.82) is 0 Å². The van der Waals surface area contributed by atoms with Crippen LogP contribution >= 0.6 is 0 Å². The maximum absolute atomic E-state index is 12.8. The quantitative estimate of drug-likeness (QED) is 0.525. The van der Waals surface area contributed by atoms with Crippen LogP contribution in [0.2, 0.25) is 0 Å². The predicted molar refractivity (Wildman–Crippen MR) is 119 cm³/mol. The van der Waals surface area contributed by atoms with Crippen LogP contribution in [-0.4, -0.2) is 35.0 Å². The van der Waals surface area contributed by atoms with Crippen molar-refractivity contribution in [3.8, 4) is 11.1 Å². The minimum absolute atomic E-state index is 0.243. The Balaban J connectivity index is 1.75. The molecule has 0 unspecified atom stereocenters. The van der Waals surface area contributed by atoms with Gasteiger partial charge in [0.2, 0.25) is 5.91 Å². The van der Waals surface area contributed by atoms with Crippen molar-refractivity contribution in [3.63, 3.8) is 0 Å². The third kappa shape index (κ3) is 6.02. The maximum atomic E-state index is 12.8. The molecule has 0 spiro atoms. The Bertz CT molecular complexity index is 1030. The molecule has 6 heteroatoms. The van der Waals surface area contributed by atoms with Crippen LogP contribution in [0.3, 0.4) is 0 Å². The van der Waals surface area contributed by atoms with Gasteiger partial charge in [-0.1, -0.05) is 72.8 Å². The molecule has 3 aromatic rings. The van der Waals surface area contributed by atoms with E-state index in [9.17, 15) is 14.4 Å². The summed E-state index contributed by atoms with van der Waals surface area (Å²) in [6.07, 6.45) is 0.243. The van der Waals surface area contributed by atoms with Gasteiger partial charge in [-0.25, -0.2) is 0 Å². The minimum atomic E-state index is -1.14. The summed E-state index contributed by atoms with van der Waals surface area (Å²) in [6, 6.07) is 24.2. The molecule has 31 heavy (non-hydrogen) atoms. The molecule has 0 aliphatic heterocycles. The molecule has 158 valence electrons. The van der Waals surface area contributed by atoms with Crippen LogP contribution in [-0.2, 0) is 16.0 Å². The number of hydrogen-bond acceptors (Lipinski definition) is 3. The highest BCUT2D eigenvalue weighted by atomic mass is 16.4. The average molecular weight is 416 g/mol. The molecule has 2 atom stereocenters. The van der Waals surface area contributed by atoms with Gasteiger partial charge in [0.15, 0.2) is 0 Å². The van der Waals surface area contributed by atoms with Gasteiger partial charge >= 0.3 is 5.97 Å². The second-order valence-corrected chi connectivity index (χ2v) is 7.23. The molecule has 0 saturated heterocycles. The Morgan fingerprint density at radius 2 is 1.32 bits per heavy atom. The van der Waals surface area contributed by atoms with Gasteiger partial charge in [-0.3, -0.25) is 14.4 Å². The third-order valence-corrected chi connectivity index (χ3v) is 4.89. The number of carboxylic acids is 1. The first kappa shape index (κ1) is 21.8. The van der Waals surface area contributed by atoms with Crippen molar-refractivity contribution in [1.82, 2.24) is 10.6 Å². The molecular formula is C25H24N2O4. The van der Waals surface area contributed by atoms with Crippen LogP contribution in [0.1, 0.15) is 22.8 Å². The van der Waals surface area contributed by atoms with Gasteiger partial charge in [0, 0.05) is 12.0 Å². The molecule has 0 saturated carbocycles. The number of amides is 2. The van der Waals surface area contributed by atoms with Crippen molar-refractivity contribution in [2.45, 2.75) is 25.4 Å². The summed E-state index contributed by atoms with van der Waals surface area (Å²) in [4.78, 5) is 36.6. The normalized spacial score (nSPS) is 12.4. The molecule has 0 aliphatic carbocycles. The monoisotopic (exact) mass is 416 g/mol. The number of benzene rings is 3. The first-order chi connectivity index (χ1) is 14.9. The van der Waals surface area contributed by atoms with E-state index in [0.29, 0.717) is 5.56 Å². The van der Waals surface area contributed by atoms with E-state index in [1.165, 1.54) is 6.92 Å². The fraction of sp³-hybridized carbons (Fsp3) is 0.160. The van der Waals surface area contributed by atoms with E-state index in [-0.39, 0.29) is 6.42 Å². The Labute approximate surface area is 180 Å². The highest BCUT2D eigenvalue weighted by Gasteiger charge is 2.25. The van der Waals surface area contributed by atoms with Crippen molar-refractivity contribution < 1.29 is 19.5 Å². The van der Waals surface area contributed by atoms with Gasteiger partial charge in [-0.05, 0) is 35.7 Å². The minimum Gasteiger partial charge on any atom is -0.480 e. The summed E-state index contributed by atoms with van der Waals surface area (Å²) in [6.45, 7) is 1.38. The predicted octanol–water partition coefficient (Wildman–Crippen LogP) is 3.28. The molecule has 0 aromatic heterocycles. The molecule has 3 N–H and O–H groups in total. The van der Waals surface area contributed by atoms with E-state index in [4.69, 9.17) is 5.11 Å². The van der Waals surface area contributed by atoms with E-state index >= 15 is 0 Å². The lowest BCUT2D eigenvalue weighted by molar-refractivity contribution is -0.141. The van der Waals surface area contributed by atoms with E-state index in [1.807, 2.05) is 72.8 Å². The number of rotatable bonds is 8. The summed E-state index contributed by atoms with van der Waals surface area (Å²) in [5.41, 5.74) is 3.28. The fourth-order valence-corrected chi connectivity index (χ4v) is 3.12. The van der Waals surface area contributed by atoms with Crippen LogP contribution in [0.4, 0.5) is 0 Å². The Hall–Kier alpha value is -3.93. The first-order valence-electron chi connectivity index (χ1n) is 9.97. The molecule has 0 radical (unpaired) electrons.